The van der Waals surface area contributed by atoms with E-state index in [1.54, 1.807) is 16.4 Å². The van der Waals surface area contributed by atoms with Gasteiger partial charge in [-0.2, -0.15) is 4.31 Å². The summed E-state index contributed by atoms with van der Waals surface area (Å²) in [6.45, 7) is 7.96. The predicted molar refractivity (Wildman–Crippen MR) is 78.4 cm³/mol. The van der Waals surface area contributed by atoms with Crippen LogP contribution in [0, 0.1) is 11.3 Å². The number of rotatable bonds is 3. The van der Waals surface area contributed by atoms with Gasteiger partial charge in [0.1, 0.15) is 4.90 Å². The van der Waals surface area contributed by atoms with Crippen molar-refractivity contribution in [2.45, 2.75) is 38.6 Å². The van der Waals surface area contributed by atoms with E-state index in [1.165, 1.54) is 6.20 Å². The quantitative estimate of drug-likeness (QED) is 0.919. The first-order chi connectivity index (χ1) is 9.25. The molecule has 0 saturated carbocycles. The first kappa shape index (κ1) is 15.4. The first-order valence-corrected chi connectivity index (χ1v) is 8.34. The Labute approximate surface area is 121 Å². The van der Waals surface area contributed by atoms with Gasteiger partial charge in [-0.15, -0.1) is 0 Å². The number of nitrogens with two attached hydrogens (primary N) is 1. The zero-order valence-corrected chi connectivity index (χ0v) is 13.2. The van der Waals surface area contributed by atoms with Gasteiger partial charge in [0.2, 0.25) is 10.0 Å². The third-order valence-electron chi connectivity index (χ3n) is 4.02. The molecule has 112 valence electrons. The Balaban J connectivity index is 2.19. The number of sulfonamides is 1. The third-order valence-corrected chi connectivity index (χ3v) is 5.87. The molecule has 2 rings (SSSR count). The second-order valence-corrected chi connectivity index (χ2v) is 8.34. The van der Waals surface area contributed by atoms with Crippen LogP contribution in [0.5, 0.6) is 0 Å². The molecule has 0 spiro atoms. The van der Waals surface area contributed by atoms with E-state index in [4.69, 9.17) is 5.73 Å². The molecule has 1 unspecified atom stereocenters. The molecule has 2 N–H and O–H groups in total. The van der Waals surface area contributed by atoms with Crippen LogP contribution in [0.15, 0.2) is 23.2 Å². The molecule has 1 fully saturated rings. The molecule has 6 heteroatoms. The van der Waals surface area contributed by atoms with E-state index >= 15 is 0 Å². The summed E-state index contributed by atoms with van der Waals surface area (Å²) in [5, 5.41) is 0. The fourth-order valence-corrected chi connectivity index (χ4v) is 3.93. The van der Waals surface area contributed by atoms with Crippen molar-refractivity contribution < 1.29 is 8.42 Å². The van der Waals surface area contributed by atoms with Crippen molar-refractivity contribution in [3.05, 3.63) is 24.0 Å². The lowest BCUT2D eigenvalue weighted by molar-refractivity contribution is 0.252. The van der Waals surface area contributed by atoms with Gasteiger partial charge in [-0.25, -0.2) is 8.42 Å². The topological polar surface area (TPSA) is 76.3 Å². The molecule has 1 aliphatic rings. The summed E-state index contributed by atoms with van der Waals surface area (Å²) in [6.07, 6.45) is 2.32. The smallest absolute Gasteiger partial charge is 0.244 e. The molecule has 2 heterocycles. The van der Waals surface area contributed by atoms with Crippen molar-refractivity contribution in [3.8, 4) is 0 Å². The third kappa shape index (κ3) is 3.02. The normalized spacial score (nSPS) is 21.3. The van der Waals surface area contributed by atoms with E-state index in [9.17, 15) is 8.42 Å². The molecule has 0 aliphatic carbocycles. The van der Waals surface area contributed by atoms with Gasteiger partial charge in [-0.05, 0) is 29.9 Å². The summed E-state index contributed by atoms with van der Waals surface area (Å²) in [7, 11) is -3.43. The van der Waals surface area contributed by atoms with Gasteiger partial charge in [0, 0.05) is 25.8 Å². The lowest BCUT2D eigenvalue weighted by atomic mass is 9.80. The number of nitrogens with zero attached hydrogens (tertiary/aromatic N) is 2. The second-order valence-electron chi connectivity index (χ2n) is 6.40. The van der Waals surface area contributed by atoms with E-state index in [0.717, 1.165) is 6.42 Å². The van der Waals surface area contributed by atoms with Crippen LogP contribution in [-0.4, -0.2) is 30.8 Å². The molecule has 1 atom stereocenters. The summed E-state index contributed by atoms with van der Waals surface area (Å²) < 4.78 is 26.7. The lowest BCUT2D eigenvalue weighted by Gasteiger charge is -2.26. The summed E-state index contributed by atoms with van der Waals surface area (Å²) in [5.74, 6) is 0.397. The Morgan fingerprint density at radius 1 is 1.40 bits per heavy atom. The van der Waals surface area contributed by atoms with Crippen molar-refractivity contribution >= 4 is 10.0 Å². The van der Waals surface area contributed by atoms with Gasteiger partial charge >= 0.3 is 0 Å². The highest BCUT2D eigenvalue weighted by Gasteiger charge is 2.37. The van der Waals surface area contributed by atoms with Crippen LogP contribution in [0.3, 0.4) is 0 Å². The number of pyridine rings is 1. The van der Waals surface area contributed by atoms with E-state index in [-0.39, 0.29) is 10.3 Å². The zero-order valence-electron chi connectivity index (χ0n) is 12.3. The maximum Gasteiger partial charge on any atom is 0.244 e. The zero-order chi connectivity index (χ0) is 15.0. The first-order valence-electron chi connectivity index (χ1n) is 6.90. The average Bonchev–Trinajstić information content (AvgIpc) is 2.89. The monoisotopic (exact) mass is 297 g/mol. The van der Waals surface area contributed by atoms with E-state index in [1.807, 2.05) is 0 Å². The Bertz CT molecular complexity index is 561. The highest BCUT2D eigenvalue weighted by molar-refractivity contribution is 7.89. The molecule has 0 aromatic carbocycles. The molecule has 1 saturated heterocycles. The SMILES string of the molecule is CC(C)(C)C1CCN(S(=O)(=O)c2ccc(CN)nc2)C1. The molecule has 1 aliphatic heterocycles. The summed E-state index contributed by atoms with van der Waals surface area (Å²) in [5.41, 5.74) is 6.30. The summed E-state index contributed by atoms with van der Waals surface area (Å²) in [4.78, 5) is 4.33. The molecule has 20 heavy (non-hydrogen) atoms. The van der Waals surface area contributed by atoms with E-state index in [0.29, 0.717) is 31.2 Å². The van der Waals surface area contributed by atoms with Crippen LogP contribution in [0.4, 0.5) is 0 Å². The Kier molecular flexibility index (Phi) is 4.18. The molecular weight excluding hydrogens is 274 g/mol. The van der Waals surface area contributed by atoms with Crippen molar-refractivity contribution in [2.24, 2.45) is 17.1 Å². The molecule has 1 aromatic heterocycles. The minimum absolute atomic E-state index is 0.131. The van der Waals surface area contributed by atoms with E-state index < -0.39 is 10.0 Å². The molecule has 0 radical (unpaired) electrons. The van der Waals surface area contributed by atoms with Crippen LogP contribution in [0.25, 0.3) is 0 Å². The largest absolute Gasteiger partial charge is 0.325 e. The minimum Gasteiger partial charge on any atom is -0.325 e. The summed E-state index contributed by atoms with van der Waals surface area (Å²) >= 11 is 0. The molecule has 1 aromatic rings. The standard InChI is InChI=1S/C14H23N3O2S/c1-14(2,3)11-6-7-17(10-11)20(18,19)13-5-4-12(8-15)16-9-13/h4-5,9,11H,6-8,10,15H2,1-3H3. The highest BCUT2D eigenvalue weighted by Crippen LogP contribution is 2.35. The lowest BCUT2D eigenvalue weighted by Crippen LogP contribution is -2.31. The molecular formula is C14H23N3O2S. The van der Waals surface area contributed by atoms with Crippen LogP contribution < -0.4 is 5.73 Å². The van der Waals surface area contributed by atoms with Crippen LogP contribution >= 0.6 is 0 Å². The second kappa shape index (κ2) is 5.42. The predicted octanol–water partition coefficient (Wildman–Crippen LogP) is 1.60. The van der Waals surface area contributed by atoms with Crippen LogP contribution in [-0.2, 0) is 16.6 Å². The Morgan fingerprint density at radius 2 is 2.10 bits per heavy atom. The molecule has 0 amide bonds. The number of hydrogen-bond acceptors (Lipinski definition) is 4. The maximum atomic E-state index is 12.6. The van der Waals surface area contributed by atoms with E-state index in [2.05, 4.69) is 25.8 Å². The van der Waals surface area contributed by atoms with Crippen LogP contribution in [0.1, 0.15) is 32.9 Å². The van der Waals surface area contributed by atoms with Gasteiger partial charge in [-0.1, -0.05) is 20.8 Å². The van der Waals surface area contributed by atoms with Crippen LogP contribution in [0.2, 0.25) is 0 Å². The fourth-order valence-electron chi connectivity index (χ4n) is 2.49. The average molecular weight is 297 g/mol. The number of hydrogen-bond donors (Lipinski definition) is 1. The minimum atomic E-state index is -3.43. The van der Waals surface area contributed by atoms with Crippen molar-refractivity contribution in [2.75, 3.05) is 13.1 Å². The summed E-state index contributed by atoms with van der Waals surface area (Å²) in [6, 6.07) is 3.26. The fraction of sp³-hybridized carbons (Fsp3) is 0.643. The van der Waals surface area contributed by atoms with Crippen molar-refractivity contribution in [1.82, 2.24) is 9.29 Å². The Morgan fingerprint density at radius 3 is 2.55 bits per heavy atom. The van der Waals surface area contributed by atoms with Gasteiger partial charge in [0.05, 0.1) is 5.69 Å². The van der Waals surface area contributed by atoms with Gasteiger partial charge in [-0.3, -0.25) is 4.98 Å². The highest BCUT2D eigenvalue weighted by atomic mass is 32.2. The van der Waals surface area contributed by atoms with Gasteiger partial charge in [0.15, 0.2) is 0 Å². The van der Waals surface area contributed by atoms with Crippen molar-refractivity contribution in [3.63, 3.8) is 0 Å². The number of aromatic nitrogens is 1. The Hall–Kier alpha value is -0.980. The van der Waals surface area contributed by atoms with Crippen molar-refractivity contribution in [1.29, 1.82) is 0 Å². The van der Waals surface area contributed by atoms with Gasteiger partial charge in [0.25, 0.3) is 0 Å². The maximum absolute atomic E-state index is 12.6. The molecule has 0 bridgehead atoms. The molecule has 5 nitrogen and oxygen atoms in total. The van der Waals surface area contributed by atoms with Gasteiger partial charge < -0.3 is 5.73 Å².